The van der Waals surface area contributed by atoms with E-state index in [-0.39, 0.29) is 17.3 Å². The van der Waals surface area contributed by atoms with E-state index >= 15 is 0 Å². The lowest BCUT2D eigenvalue weighted by molar-refractivity contribution is -0.0440. The zero-order chi connectivity index (χ0) is 13.2. The van der Waals surface area contributed by atoms with Crippen LogP contribution in [0.4, 0.5) is 4.39 Å². The van der Waals surface area contributed by atoms with Crippen LogP contribution in [0.2, 0.25) is 0 Å². The Labute approximate surface area is 110 Å². The summed E-state index contributed by atoms with van der Waals surface area (Å²) in [6, 6.07) is 6.43. The van der Waals surface area contributed by atoms with Crippen molar-refractivity contribution in [1.82, 2.24) is 9.88 Å². The third-order valence-electron chi connectivity index (χ3n) is 4.66. The SMILES string of the molecule is Cn1c(C(=O)NC23CC(C2)C3)cc2ccc(F)cc21. The van der Waals surface area contributed by atoms with Crippen molar-refractivity contribution in [3.8, 4) is 0 Å². The number of halogens is 1. The number of rotatable bonds is 2. The van der Waals surface area contributed by atoms with E-state index < -0.39 is 0 Å². The van der Waals surface area contributed by atoms with E-state index in [0.29, 0.717) is 5.69 Å². The van der Waals surface area contributed by atoms with E-state index in [0.717, 1.165) is 36.1 Å². The molecule has 19 heavy (non-hydrogen) atoms. The van der Waals surface area contributed by atoms with Gasteiger partial charge < -0.3 is 9.88 Å². The van der Waals surface area contributed by atoms with E-state index in [1.54, 1.807) is 17.7 Å². The molecule has 98 valence electrons. The fraction of sp³-hybridized carbons (Fsp3) is 0.400. The predicted molar refractivity (Wildman–Crippen MR) is 70.4 cm³/mol. The van der Waals surface area contributed by atoms with Gasteiger partial charge in [-0.1, -0.05) is 0 Å². The Kier molecular flexibility index (Phi) is 1.96. The van der Waals surface area contributed by atoms with Crippen molar-refractivity contribution in [3.05, 3.63) is 35.8 Å². The summed E-state index contributed by atoms with van der Waals surface area (Å²) >= 11 is 0. The molecule has 2 aromatic rings. The van der Waals surface area contributed by atoms with Gasteiger partial charge in [0.05, 0.1) is 5.52 Å². The average Bonchev–Trinajstić information content (AvgIpc) is 2.60. The van der Waals surface area contributed by atoms with Crippen LogP contribution < -0.4 is 5.32 Å². The van der Waals surface area contributed by atoms with E-state index in [2.05, 4.69) is 5.32 Å². The molecule has 1 amide bonds. The van der Waals surface area contributed by atoms with E-state index in [4.69, 9.17) is 0 Å². The van der Waals surface area contributed by atoms with Gasteiger partial charge in [-0.25, -0.2) is 4.39 Å². The number of fused-ring (bicyclic) bond motifs is 1. The van der Waals surface area contributed by atoms with Crippen LogP contribution in [0.1, 0.15) is 29.8 Å². The lowest BCUT2D eigenvalue weighted by Gasteiger charge is -2.61. The summed E-state index contributed by atoms with van der Waals surface area (Å²) in [6.45, 7) is 0. The van der Waals surface area contributed by atoms with Crippen LogP contribution in [0.15, 0.2) is 24.3 Å². The van der Waals surface area contributed by atoms with Crippen LogP contribution in [0.5, 0.6) is 0 Å². The second kappa shape index (κ2) is 3.38. The van der Waals surface area contributed by atoms with Gasteiger partial charge in [-0.3, -0.25) is 4.79 Å². The number of amides is 1. The van der Waals surface area contributed by atoms with Gasteiger partial charge in [0.2, 0.25) is 0 Å². The quantitative estimate of drug-likeness (QED) is 0.882. The third kappa shape index (κ3) is 1.46. The monoisotopic (exact) mass is 258 g/mol. The normalized spacial score (nSPS) is 27.8. The Morgan fingerprint density at radius 2 is 2.11 bits per heavy atom. The van der Waals surface area contributed by atoms with Crippen LogP contribution in [0.3, 0.4) is 0 Å². The molecule has 3 nitrogen and oxygen atoms in total. The summed E-state index contributed by atoms with van der Waals surface area (Å²) < 4.78 is 15.0. The molecule has 4 heteroatoms. The lowest BCUT2D eigenvalue weighted by atomic mass is 9.50. The first kappa shape index (κ1) is 11.0. The van der Waals surface area contributed by atoms with Gasteiger partial charge in [-0.15, -0.1) is 0 Å². The number of carbonyl (C=O) groups is 1. The smallest absolute Gasteiger partial charge is 0.268 e. The number of hydrogen-bond donors (Lipinski definition) is 1. The predicted octanol–water partition coefficient (Wildman–Crippen LogP) is 2.60. The van der Waals surface area contributed by atoms with E-state index in [1.807, 2.05) is 6.07 Å². The van der Waals surface area contributed by atoms with Crippen molar-refractivity contribution in [1.29, 1.82) is 0 Å². The van der Waals surface area contributed by atoms with Crippen molar-refractivity contribution >= 4 is 16.8 Å². The molecule has 3 fully saturated rings. The molecule has 2 bridgehead atoms. The lowest BCUT2D eigenvalue weighted by Crippen LogP contribution is -2.68. The second-order valence-electron chi connectivity index (χ2n) is 6.00. The number of carbonyl (C=O) groups excluding carboxylic acids is 1. The summed E-state index contributed by atoms with van der Waals surface area (Å²) in [5, 5.41) is 4.03. The topological polar surface area (TPSA) is 34.0 Å². The molecule has 0 saturated heterocycles. The maximum absolute atomic E-state index is 13.3. The summed E-state index contributed by atoms with van der Waals surface area (Å²) in [6.07, 6.45) is 3.37. The first-order chi connectivity index (χ1) is 9.06. The number of nitrogens with zero attached hydrogens (tertiary/aromatic N) is 1. The van der Waals surface area contributed by atoms with Gasteiger partial charge in [-0.2, -0.15) is 0 Å². The fourth-order valence-electron chi connectivity index (χ4n) is 3.46. The maximum Gasteiger partial charge on any atom is 0.268 e. The van der Waals surface area contributed by atoms with Gasteiger partial charge in [0.25, 0.3) is 5.91 Å². The number of aryl methyl sites for hydroxylation is 1. The van der Waals surface area contributed by atoms with Gasteiger partial charge >= 0.3 is 0 Å². The molecule has 3 saturated carbocycles. The zero-order valence-corrected chi connectivity index (χ0v) is 10.7. The summed E-state index contributed by atoms with van der Waals surface area (Å²) in [5.74, 6) is 0.513. The first-order valence-corrected chi connectivity index (χ1v) is 6.64. The molecule has 1 aromatic heterocycles. The highest BCUT2D eigenvalue weighted by atomic mass is 19.1. The largest absolute Gasteiger partial charge is 0.345 e. The zero-order valence-electron chi connectivity index (χ0n) is 10.7. The Morgan fingerprint density at radius 1 is 1.37 bits per heavy atom. The van der Waals surface area contributed by atoms with Crippen molar-refractivity contribution < 1.29 is 9.18 Å². The molecule has 0 aliphatic heterocycles. The fourth-order valence-corrected chi connectivity index (χ4v) is 3.46. The molecule has 3 aliphatic carbocycles. The molecule has 1 N–H and O–H groups in total. The first-order valence-electron chi connectivity index (χ1n) is 6.64. The van der Waals surface area contributed by atoms with Crippen LogP contribution in [-0.4, -0.2) is 16.0 Å². The molecule has 5 rings (SSSR count). The Hall–Kier alpha value is -1.84. The van der Waals surface area contributed by atoms with Crippen LogP contribution in [0, 0.1) is 11.7 Å². The molecule has 0 atom stereocenters. The molecular weight excluding hydrogens is 243 g/mol. The highest BCUT2D eigenvalue weighted by Crippen LogP contribution is 2.57. The minimum atomic E-state index is -0.278. The van der Waals surface area contributed by atoms with Crippen LogP contribution in [0.25, 0.3) is 10.9 Å². The minimum Gasteiger partial charge on any atom is -0.345 e. The van der Waals surface area contributed by atoms with E-state index in [1.165, 1.54) is 12.1 Å². The third-order valence-corrected chi connectivity index (χ3v) is 4.66. The summed E-state index contributed by atoms with van der Waals surface area (Å²) in [4.78, 5) is 12.3. The minimum absolute atomic E-state index is 0.0442. The molecule has 0 spiro atoms. The van der Waals surface area contributed by atoms with Crippen molar-refractivity contribution in [3.63, 3.8) is 0 Å². The summed E-state index contributed by atoms with van der Waals surface area (Å²) in [5.41, 5.74) is 1.43. The molecule has 1 aromatic carbocycles. The standard InChI is InChI=1S/C15H15FN2O/c1-18-12-5-11(16)3-2-10(12)4-13(18)14(19)17-15-6-9(7-15)8-15/h2-5,9H,6-8H2,1H3,(H,17,19). The highest BCUT2D eigenvalue weighted by Gasteiger charge is 2.57. The van der Waals surface area contributed by atoms with Gasteiger partial charge in [0.1, 0.15) is 11.5 Å². The molecular formula is C15H15FN2O. The Balaban J connectivity index is 1.70. The highest BCUT2D eigenvalue weighted by molar-refractivity contribution is 5.99. The van der Waals surface area contributed by atoms with Gasteiger partial charge in [-0.05, 0) is 49.4 Å². The molecule has 1 heterocycles. The number of aromatic nitrogens is 1. The Bertz CT molecular complexity index is 686. The Morgan fingerprint density at radius 3 is 2.74 bits per heavy atom. The molecule has 0 radical (unpaired) electrons. The average molecular weight is 258 g/mol. The molecule has 3 aliphatic rings. The number of hydrogen-bond acceptors (Lipinski definition) is 1. The van der Waals surface area contributed by atoms with Crippen LogP contribution in [-0.2, 0) is 7.05 Å². The van der Waals surface area contributed by atoms with Crippen molar-refractivity contribution in [2.75, 3.05) is 0 Å². The summed E-state index contributed by atoms with van der Waals surface area (Å²) in [7, 11) is 1.80. The van der Waals surface area contributed by atoms with Crippen LogP contribution >= 0.6 is 0 Å². The molecule has 0 unspecified atom stereocenters. The number of benzene rings is 1. The van der Waals surface area contributed by atoms with Crippen molar-refractivity contribution in [2.45, 2.75) is 24.8 Å². The van der Waals surface area contributed by atoms with Gasteiger partial charge in [0, 0.05) is 18.0 Å². The second-order valence-corrected chi connectivity index (χ2v) is 6.00. The number of nitrogens with one attached hydrogen (secondary N) is 1. The maximum atomic E-state index is 13.3. The van der Waals surface area contributed by atoms with Gasteiger partial charge in [0.15, 0.2) is 0 Å². The van der Waals surface area contributed by atoms with E-state index in [9.17, 15) is 9.18 Å². The van der Waals surface area contributed by atoms with Crippen molar-refractivity contribution in [2.24, 2.45) is 13.0 Å².